The van der Waals surface area contributed by atoms with E-state index in [0.29, 0.717) is 5.82 Å². The highest BCUT2D eigenvalue weighted by atomic mass is 16.4. The number of carbonyl (C=O) groups is 1. The molecule has 0 fully saturated rings. The number of hydrogen-bond acceptors (Lipinski definition) is 3. The Balaban J connectivity index is 2.64. The smallest absolute Gasteiger partial charge is 0.332 e. The highest BCUT2D eigenvalue weighted by molar-refractivity contribution is 5.72. The van der Waals surface area contributed by atoms with Crippen LogP contribution in [0.2, 0.25) is 0 Å². The van der Waals surface area contributed by atoms with Crippen molar-refractivity contribution in [2.24, 2.45) is 7.05 Å². The van der Waals surface area contributed by atoms with Crippen LogP contribution in [0.5, 0.6) is 0 Å². The third-order valence-electron chi connectivity index (χ3n) is 1.58. The molecule has 12 heavy (non-hydrogen) atoms. The molecule has 0 aliphatic heterocycles. The fraction of sp³-hybridized carbons (Fsp3) is 0.429. The molecule has 0 aliphatic carbocycles. The predicted molar refractivity (Wildman–Crippen MR) is 40.6 cm³/mol. The molecule has 2 N–H and O–H groups in total. The molecule has 5 heteroatoms. The van der Waals surface area contributed by atoms with E-state index in [4.69, 9.17) is 10.2 Å². The van der Waals surface area contributed by atoms with E-state index in [2.05, 4.69) is 4.98 Å². The van der Waals surface area contributed by atoms with Crippen molar-refractivity contribution in [3.63, 3.8) is 0 Å². The number of aromatic nitrogens is 2. The zero-order valence-electron chi connectivity index (χ0n) is 6.64. The first-order valence-corrected chi connectivity index (χ1v) is 3.48. The largest absolute Gasteiger partial charge is 0.479 e. The summed E-state index contributed by atoms with van der Waals surface area (Å²) >= 11 is 0. The quantitative estimate of drug-likeness (QED) is 0.635. The Hall–Kier alpha value is -1.36. The second-order valence-electron chi connectivity index (χ2n) is 2.51. The van der Waals surface area contributed by atoms with Crippen LogP contribution in [0.4, 0.5) is 0 Å². The van der Waals surface area contributed by atoms with Crippen molar-refractivity contribution in [1.29, 1.82) is 0 Å². The number of aliphatic hydroxyl groups excluding tert-OH is 1. The van der Waals surface area contributed by atoms with E-state index in [-0.39, 0.29) is 6.42 Å². The van der Waals surface area contributed by atoms with Gasteiger partial charge in [-0.05, 0) is 0 Å². The zero-order chi connectivity index (χ0) is 9.14. The zero-order valence-corrected chi connectivity index (χ0v) is 6.64. The predicted octanol–water partition coefficient (Wildman–Crippen LogP) is -0.592. The van der Waals surface area contributed by atoms with Gasteiger partial charge in [0.2, 0.25) is 0 Å². The standard InChI is InChI=1S/C7H10N2O3/c1-9-3-2-8-6(9)4-5(10)7(11)12/h2-3,5,10H,4H2,1H3,(H,11,12). The first-order valence-electron chi connectivity index (χ1n) is 3.48. The summed E-state index contributed by atoms with van der Waals surface area (Å²) in [6.45, 7) is 0. The number of carboxylic acids is 1. The second kappa shape index (κ2) is 3.36. The van der Waals surface area contributed by atoms with E-state index in [1.807, 2.05) is 0 Å². The van der Waals surface area contributed by atoms with Crippen LogP contribution in [0.3, 0.4) is 0 Å². The van der Waals surface area contributed by atoms with Gasteiger partial charge in [0, 0.05) is 25.9 Å². The number of nitrogens with zero attached hydrogens (tertiary/aromatic N) is 2. The molecule has 1 rings (SSSR count). The average molecular weight is 170 g/mol. The molecular weight excluding hydrogens is 160 g/mol. The molecule has 0 aliphatic rings. The molecule has 0 amide bonds. The third kappa shape index (κ3) is 1.82. The van der Waals surface area contributed by atoms with Crippen LogP contribution in [0.15, 0.2) is 12.4 Å². The minimum Gasteiger partial charge on any atom is -0.479 e. The van der Waals surface area contributed by atoms with Crippen molar-refractivity contribution < 1.29 is 15.0 Å². The second-order valence-corrected chi connectivity index (χ2v) is 2.51. The summed E-state index contributed by atoms with van der Waals surface area (Å²) < 4.78 is 1.67. The Bertz CT molecular complexity index is 282. The Morgan fingerprint density at radius 3 is 2.92 bits per heavy atom. The normalized spacial score (nSPS) is 12.8. The molecule has 0 bridgehead atoms. The lowest BCUT2D eigenvalue weighted by Crippen LogP contribution is -2.23. The number of aliphatic carboxylic acids is 1. The van der Waals surface area contributed by atoms with Crippen LogP contribution in [0.1, 0.15) is 5.82 Å². The van der Waals surface area contributed by atoms with Crippen LogP contribution in [-0.4, -0.2) is 31.8 Å². The number of imidazole rings is 1. The molecule has 0 spiro atoms. The van der Waals surface area contributed by atoms with Crippen LogP contribution < -0.4 is 0 Å². The molecule has 5 nitrogen and oxygen atoms in total. The summed E-state index contributed by atoms with van der Waals surface area (Å²) in [6, 6.07) is 0. The van der Waals surface area contributed by atoms with Crippen LogP contribution in [0.25, 0.3) is 0 Å². The van der Waals surface area contributed by atoms with Gasteiger partial charge in [-0.1, -0.05) is 0 Å². The summed E-state index contributed by atoms with van der Waals surface area (Å²) in [7, 11) is 1.75. The van der Waals surface area contributed by atoms with Crippen molar-refractivity contribution >= 4 is 5.97 Å². The lowest BCUT2D eigenvalue weighted by atomic mass is 10.2. The molecule has 1 heterocycles. The average Bonchev–Trinajstić information content (AvgIpc) is 2.36. The molecule has 1 unspecified atom stereocenters. The van der Waals surface area contributed by atoms with Crippen molar-refractivity contribution in [2.45, 2.75) is 12.5 Å². The molecule has 0 saturated carbocycles. The van der Waals surface area contributed by atoms with E-state index in [1.54, 1.807) is 24.0 Å². The van der Waals surface area contributed by atoms with Gasteiger partial charge >= 0.3 is 5.97 Å². The fourth-order valence-corrected chi connectivity index (χ4v) is 0.853. The van der Waals surface area contributed by atoms with Gasteiger partial charge in [0.05, 0.1) is 0 Å². The van der Waals surface area contributed by atoms with E-state index in [9.17, 15) is 4.79 Å². The van der Waals surface area contributed by atoms with Gasteiger partial charge in [-0.25, -0.2) is 9.78 Å². The van der Waals surface area contributed by atoms with E-state index in [1.165, 1.54) is 0 Å². The van der Waals surface area contributed by atoms with Crippen LogP contribution in [0, 0.1) is 0 Å². The molecule has 1 aromatic heterocycles. The first-order chi connectivity index (χ1) is 5.61. The van der Waals surface area contributed by atoms with E-state index in [0.717, 1.165) is 0 Å². The van der Waals surface area contributed by atoms with Crippen molar-refractivity contribution in [1.82, 2.24) is 9.55 Å². The highest BCUT2D eigenvalue weighted by Crippen LogP contribution is 1.99. The maximum atomic E-state index is 10.2. The number of aliphatic hydroxyl groups is 1. The maximum absolute atomic E-state index is 10.2. The fourth-order valence-electron chi connectivity index (χ4n) is 0.853. The van der Waals surface area contributed by atoms with Crippen LogP contribution >= 0.6 is 0 Å². The molecule has 0 aromatic carbocycles. The third-order valence-corrected chi connectivity index (χ3v) is 1.58. The van der Waals surface area contributed by atoms with Crippen molar-refractivity contribution in [2.75, 3.05) is 0 Å². The van der Waals surface area contributed by atoms with E-state index >= 15 is 0 Å². The first kappa shape index (κ1) is 8.73. The Morgan fingerprint density at radius 2 is 2.50 bits per heavy atom. The van der Waals surface area contributed by atoms with Gasteiger partial charge in [-0.15, -0.1) is 0 Å². The maximum Gasteiger partial charge on any atom is 0.332 e. The summed E-state index contributed by atoms with van der Waals surface area (Å²) in [5.74, 6) is -0.664. The van der Waals surface area contributed by atoms with Gasteiger partial charge in [0.15, 0.2) is 6.10 Å². The molecule has 1 atom stereocenters. The molecule has 0 saturated heterocycles. The van der Waals surface area contributed by atoms with Gasteiger partial charge < -0.3 is 14.8 Å². The highest BCUT2D eigenvalue weighted by Gasteiger charge is 2.15. The number of aryl methyl sites for hydroxylation is 1. The summed E-state index contributed by atoms with van der Waals surface area (Å²) in [4.78, 5) is 14.1. The van der Waals surface area contributed by atoms with Crippen LogP contribution in [-0.2, 0) is 18.3 Å². The number of hydrogen-bond donors (Lipinski definition) is 2. The molecule has 1 aromatic rings. The molecule has 66 valence electrons. The Labute approximate surface area is 69.3 Å². The van der Waals surface area contributed by atoms with E-state index < -0.39 is 12.1 Å². The van der Waals surface area contributed by atoms with Gasteiger partial charge in [-0.2, -0.15) is 0 Å². The monoisotopic (exact) mass is 170 g/mol. The van der Waals surface area contributed by atoms with Gasteiger partial charge in [-0.3, -0.25) is 0 Å². The summed E-state index contributed by atoms with van der Waals surface area (Å²) in [6.07, 6.45) is 1.93. The number of carboxylic acid groups (broad SMARTS) is 1. The van der Waals surface area contributed by atoms with Gasteiger partial charge in [0.1, 0.15) is 5.82 Å². The van der Waals surface area contributed by atoms with Crippen molar-refractivity contribution in [3.05, 3.63) is 18.2 Å². The Kier molecular flexibility index (Phi) is 2.44. The lowest BCUT2D eigenvalue weighted by Gasteiger charge is -2.04. The topological polar surface area (TPSA) is 75.3 Å². The minimum absolute atomic E-state index is 0.0405. The Morgan fingerprint density at radius 1 is 1.83 bits per heavy atom. The number of rotatable bonds is 3. The summed E-state index contributed by atoms with van der Waals surface area (Å²) in [5, 5.41) is 17.4. The SMILES string of the molecule is Cn1ccnc1CC(O)C(=O)O. The van der Waals surface area contributed by atoms with Crippen molar-refractivity contribution in [3.8, 4) is 0 Å². The minimum atomic E-state index is -1.37. The summed E-state index contributed by atoms with van der Waals surface area (Å²) in [5.41, 5.74) is 0. The lowest BCUT2D eigenvalue weighted by molar-refractivity contribution is -0.146. The molecular formula is C7H10N2O3. The van der Waals surface area contributed by atoms with Gasteiger partial charge in [0.25, 0.3) is 0 Å². The molecule has 0 radical (unpaired) electrons.